The van der Waals surface area contributed by atoms with Crippen molar-refractivity contribution in [2.45, 2.75) is 19.4 Å². The summed E-state index contributed by atoms with van der Waals surface area (Å²) in [7, 11) is 4.07. The van der Waals surface area contributed by atoms with Crippen molar-refractivity contribution in [3.05, 3.63) is 23.8 Å². The van der Waals surface area contributed by atoms with E-state index in [0.717, 1.165) is 19.4 Å². The van der Waals surface area contributed by atoms with Gasteiger partial charge in [-0.2, -0.15) is 0 Å². The monoisotopic (exact) mass is 262 g/mol. The Morgan fingerprint density at radius 1 is 1.37 bits per heavy atom. The normalized spacial score (nSPS) is 11.3. The largest absolute Gasteiger partial charge is 0.478 e. The summed E-state index contributed by atoms with van der Waals surface area (Å²) < 4.78 is 1.69. The minimum Gasteiger partial charge on any atom is -0.478 e. The van der Waals surface area contributed by atoms with Crippen LogP contribution in [0.3, 0.4) is 0 Å². The van der Waals surface area contributed by atoms with Gasteiger partial charge < -0.3 is 10.0 Å². The van der Waals surface area contributed by atoms with Crippen LogP contribution >= 0.6 is 0 Å². The van der Waals surface area contributed by atoms with Crippen LogP contribution in [0.5, 0.6) is 0 Å². The molecule has 6 heteroatoms. The molecular weight excluding hydrogens is 244 g/mol. The number of aromatic nitrogens is 3. The van der Waals surface area contributed by atoms with Gasteiger partial charge in [0.2, 0.25) is 0 Å². The average molecular weight is 262 g/mol. The zero-order chi connectivity index (χ0) is 13.8. The fourth-order valence-electron chi connectivity index (χ4n) is 2.05. The number of aryl methyl sites for hydroxylation is 1. The molecule has 1 N–H and O–H groups in total. The summed E-state index contributed by atoms with van der Waals surface area (Å²) >= 11 is 0. The van der Waals surface area contributed by atoms with Crippen LogP contribution in [0.2, 0.25) is 0 Å². The summed E-state index contributed by atoms with van der Waals surface area (Å²) in [6.07, 6.45) is 1.99. The molecular formula is C13H18N4O2. The third-order valence-corrected chi connectivity index (χ3v) is 2.99. The van der Waals surface area contributed by atoms with E-state index in [4.69, 9.17) is 0 Å². The topological polar surface area (TPSA) is 71.2 Å². The van der Waals surface area contributed by atoms with Crippen molar-refractivity contribution < 1.29 is 9.90 Å². The number of carboxylic acid groups (broad SMARTS) is 1. The summed E-state index contributed by atoms with van der Waals surface area (Å²) in [6.45, 7) is 1.70. The van der Waals surface area contributed by atoms with Gasteiger partial charge in [0.15, 0.2) is 0 Å². The minimum atomic E-state index is -0.942. The van der Waals surface area contributed by atoms with Gasteiger partial charge in [0.1, 0.15) is 11.0 Å². The number of hydrogen-bond donors (Lipinski definition) is 1. The molecule has 0 aliphatic rings. The van der Waals surface area contributed by atoms with E-state index < -0.39 is 5.97 Å². The number of benzene rings is 1. The number of fused-ring (bicyclic) bond motifs is 1. The van der Waals surface area contributed by atoms with Crippen molar-refractivity contribution in [2.24, 2.45) is 0 Å². The Morgan fingerprint density at radius 2 is 2.16 bits per heavy atom. The Bertz CT molecular complexity index is 577. The number of aromatic carboxylic acids is 1. The van der Waals surface area contributed by atoms with E-state index in [-0.39, 0.29) is 5.56 Å². The summed E-state index contributed by atoms with van der Waals surface area (Å²) in [5, 5.41) is 17.3. The number of para-hydroxylation sites is 1. The Morgan fingerprint density at radius 3 is 2.84 bits per heavy atom. The quantitative estimate of drug-likeness (QED) is 0.798. The second kappa shape index (κ2) is 5.79. The van der Waals surface area contributed by atoms with Crippen molar-refractivity contribution in [1.29, 1.82) is 0 Å². The molecule has 0 amide bonds. The highest BCUT2D eigenvalue weighted by Crippen LogP contribution is 2.17. The zero-order valence-corrected chi connectivity index (χ0v) is 11.2. The molecule has 1 aromatic carbocycles. The lowest BCUT2D eigenvalue weighted by Crippen LogP contribution is -2.14. The molecule has 0 atom stereocenters. The highest BCUT2D eigenvalue weighted by Gasteiger charge is 2.14. The lowest BCUT2D eigenvalue weighted by Gasteiger charge is -2.09. The first kappa shape index (κ1) is 13.5. The Hall–Kier alpha value is -1.95. The molecule has 2 aromatic rings. The predicted octanol–water partition coefficient (Wildman–Crippen LogP) is 1.47. The molecule has 0 spiro atoms. The van der Waals surface area contributed by atoms with Crippen LogP contribution in [0, 0.1) is 0 Å². The van der Waals surface area contributed by atoms with E-state index >= 15 is 0 Å². The molecule has 102 valence electrons. The van der Waals surface area contributed by atoms with Crippen molar-refractivity contribution in [1.82, 2.24) is 19.9 Å². The average Bonchev–Trinajstić information content (AvgIpc) is 2.77. The lowest BCUT2D eigenvalue weighted by atomic mass is 10.2. The Kier molecular flexibility index (Phi) is 4.11. The van der Waals surface area contributed by atoms with Crippen molar-refractivity contribution in [2.75, 3.05) is 20.6 Å². The SMILES string of the molecule is CN(C)CCCCn1nnc2cccc(C(=O)O)c21. The number of rotatable bonds is 6. The van der Waals surface area contributed by atoms with Crippen LogP contribution in [-0.4, -0.2) is 51.6 Å². The maximum absolute atomic E-state index is 11.2. The second-order valence-corrected chi connectivity index (χ2v) is 4.80. The van der Waals surface area contributed by atoms with E-state index in [1.807, 2.05) is 14.1 Å². The molecule has 19 heavy (non-hydrogen) atoms. The first-order valence-corrected chi connectivity index (χ1v) is 6.30. The zero-order valence-electron chi connectivity index (χ0n) is 11.2. The molecule has 0 unspecified atom stereocenters. The van der Waals surface area contributed by atoms with Crippen LogP contribution in [0.4, 0.5) is 0 Å². The predicted molar refractivity (Wildman–Crippen MR) is 72.3 cm³/mol. The van der Waals surface area contributed by atoms with Gasteiger partial charge >= 0.3 is 5.97 Å². The van der Waals surface area contributed by atoms with Crippen LogP contribution in [0.15, 0.2) is 18.2 Å². The van der Waals surface area contributed by atoms with Crippen LogP contribution < -0.4 is 0 Å². The fraction of sp³-hybridized carbons (Fsp3) is 0.462. The molecule has 2 rings (SSSR count). The highest BCUT2D eigenvalue weighted by molar-refractivity contribution is 6.00. The molecule has 0 aliphatic carbocycles. The molecule has 0 fully saturated rings. The number of carboxylic acids is 1. The molecule has 1 heterocycles. The van der Waals surface area contributed by atoms with Crippen LogP contribution in [0.25, 0.3) is 11.0 Å². The maximum atomic E-state index is 11.2. The van der Waals surface area contributed by atoms with Gasteiger partial charge in [-0.1, -0.05) is 11.3 Å². The molecule has 0 bridgehead atoms. The first-order valence-electron chi connectivity index (χ1n) is 6.30. The summed E-state index contributed by atoms with van der Waals surface area (Å²) in [5.41, 5.74) is 1.50. The van der Waals surface area contributed by atoms with Gasteiger partial charge in [-0.15, -0.1) is 5.10 Å². The number of carbonyl (C=O) groups is 1. The van der Waals surface area contributed by atoms with Gasteiger partial charge in [0, 0.05) is 6.54 Å². The number of hydrogen-bond acceptors (Lipinski definition) is 4. The van der Waals surface area contributed by atoms with Gasteiger partial charge in [-0.05, 0) is 45.6 Å². The second-order valence-electron chi connectivity index (χ2n) is 4.80. The van der Waals surface area contributed by atoms with Crippen molar-refractivity contribution in [3.8, 4) is 0 Å². The van der Waals surface area contributed by atoms with E-state index in [9.17, 15) is 9.90 Å². The van der Waals surface area contributed by atoms with Crippen molar-refractivity contribution >= 4 is 17.0 Å². The smallest absolute Gasteiger partial charge is 0.337 e. The minimum absolute atomic E-state index is 0.259. The van der Waals surface area contributed by atoms with Crippen molar-refractivity contribution in [3.63, 3.8) is 0 Å². The fourth-order valence-corrected chi connectivity index (χ4v) is 2.05. The first-order chi connectivity index (χ1) is 9.09. The van der Waals surface area contributed by atoms with E-state index in [1.54, 1.807) is 22.9 Å². The van der Waals surface area contributed by atoms with Gasteiger partial charge in [-0.3, -0.25) is 0 Å². The van der Waals surface area contributed by atoms with E-state index in [0.29, 0.717) is 17.6 Å². The molecule has 0 aliphatic heterocycles. The molecule has 0 radical (unpaired) electrons. The van der Waals surface area contributed by atoms with Gasteiger partial charge in [0.05, 0.1) is 5.56 Å². The lowest BCUT2D eigenvalue weighted by molar-refractivity contribution is 0.0698. The van der Waals surface area contributed by atoms with Crippen LogP contribution in [0.1, 0.15) is 23.2 Å². The van der Waals surface area contributed by atoms with Gasteiger partial charge in [0.25, 0.3) is 0 Å². The summed E-state index contributed by atoms with van der Waals surface area (Å²) in [6, 6.07) is 5.06. The molecule has 0 saturated carbocycles. The van der Waals surface area contributed by atoms with Crippen LogP contribution in [-0.2, 0) is 6.54 Å². The standard InChI is InChI=1S/C13H18N4O2/c1-16(2)8-3-4-9-17-12-10(13(18)19)6-5-7-11(12)14-15-17/h5-7H,3-4,8-9H2,1-2H3,(H,18,19). The third-order valence-electron chi connectivity index (χ3n) is 2.99. The Labute approximate surface area is 111 Å². The number of unbranched alkanes of at least 4 members (excludes halogenated alkanes) is 1. The van der Waals surface area contributed by atoms with Gasteiger partial charge in [-0.25, -0.2) is 9.48 Å². The maximum Gasteiger partial charge on any atom is 0.337 e. The Balaban J connectivity index is 2.17. The molecule has 6 nitrogen and oxygen atoms in total. The van der Waals surface area contributed by atoms with E-state index in [1.165, 1.54) is 0 Å². The number of nitrogens with zero attached hydrogens (tertiary/aromatic N) is 4. The molecule has 0 saturated heterocycles. The molecule has 1 aromatic heterocycles. The summed E-state index contributed by atoms with van der Waals surface area (Å²) in [5.74, 6) is -0.942. The highest BCUT2D eigenvalue weighted by atomic mass is 16.4. The third kappa shape index (κ3) is 3.08. The summed E-state index contributed by atoms with van der Waals surface area (Å²) in [4.78, 5) is 13.3. The van der Waals surface area contributed by atoms with E-state index in [2.05, 4.69) is 15.2 Å².